The zero-order chi connectivity index (χ0) is 13.3. The van der Waals surface area contributed by atoms with Crippen LogP contribution in [0.2, 0.25) is 0 Å². The molecule has 0 saturated heterocycles. The first-order valence-electron chi connectivity index (χ1n) is 5.95. The minimum Gasteiger partial charge on any atom is -0.477 e. The van der Waals surface area contributed by atoms with Gasteiger partial charge in [0.25, 0.3) is 0 Å². The van der Waals surface area contributed by atoms with Crippen LogP contribution in [0.1, 0.15) is 27.7 Å². The molecule has 0 saturated carbocycles. The molecule has 0 fully saturated rings. The van der Waals surface area contributed by atoms with Crippen LogP contribution in [0.5, 0.6) is 0 Å². The van der Waals surface area contributed by atoms with Gasteiger partial charge < -0.3 is 10.0 Å². The third kappa shape index (κ3) is 2.40. The Morgan fingerprint density at radius 1 is 1.39 bits per heavy atom. The van der Waals surface area contributed by atoms with Gasteiger partial charge in [0.1, 0.15) is 4.88 Å². The molecule has 3 nitrogen and oxygen atoms in total. The fourth-order valence-electron chi connectivity index (χ4n) is 2.18. The minimum absolute atomic E-state index is 0.481. The molecule has 0 bridgehead atoms. The van der Waals surface area contributed by atoms with Gasteiger partial charge in [-0.25, -0.2) is 4.79 Å². The lowest BCUT2D eigenvalue weighted by Crippen LogP contribution is -2.10. The Labute approximate surface area is 111 Å². The van der Waals surface area contributed by atoms with Crippen LogP contribution in [0.15, 0.2) is 18.2 Å². The first-order valence-corrected chi connectivity index (χ1v) is 6.77. The molecule has 96 valence electrons. The topological polar surface area (TPSA) is 40.5 Å². The first-order chi connectivity index (χ1) is 8.52. The van der Waals surface area contributed by atoms with Crippen LogP contribution in [0.4, 0.5) is 0 Å². The van der Waals surface area contributed by atoms with Crippen LogP contribution < -0.4 is 0 Å². The maximum Gasteiger partial charge on any atom is 0.346 e. The monoisotopic (exact) mass is 263 g/mol. The SMILES string of the molecule is CCc1c(C(=O)O)sc2ccc(CN(C)C)cc12. The minimum atomic E-state index is -0.817. The van der Waals surface area contributed by atoms with Crippen molar-refractivity contribution in [2.45, 2.75) is 19.9 Å². The highest BCUT2D eigenvalue weighted by molar-refractivity contribution is 7.21. The van der Waals surface area contributed by atoms with E-state index < -0.39 is 5.97 Å². The van der Waals surface area contributed by atoms with Crippen molar-refractivity contribution < 1.29 is 9.90 Å². The third-order valence-corrected chi connectivity index (χ3v) is 4.10. The summed E-state index contributed by atoms with van der Waals surface area (Å²) in [6, 6.07) is 6.23. The van der Waals surface area contributed by atoms with Crippen molar-refractivity contribution in [3.05, 3.63) is 34.2 Å². The van der Waals surface area contributed by atoms with Crippen LogP contribution >= 0.6 is 11.3 Å². The van der Waals surface area contributed by atoms with Crippen LogP contribution in [0.3, 0.4) is 0 Å². The van der Waals surface area contributed by atoms with E-state index in [0.717, 1.165) is 28.6 Å². The number of benzene rings is 1. The molecule has 18 heavy (non-hydrogen) atoms. The normalized spacial score (nSPS) is 11.3. The second-order valence-corrected chi connectivity index (χ2v) is 5.69. The van der Waals surface area contributed by atoms with E-state index in [2.05, 4.69) is 17.0 Å². The molecular weight excluding hydrogens is 246 g/mol. The number of hydrogen-bond acceptors (Lipinski definition) is 3. The van der Waals surface area contributed by atoms with E-state index >= 15 is 0 Å². The number of nitrogens with zero attached hydrogens (tertiary/aromatic N) is 1. The molecule has 1 aromatic heterocycles. The molecule has 0 amide bonds. The van der Waals surface area contributed by atoms with Gasteiger partial charge in [-0.3, -0.25) is 0 Å². The number of carboxylic acid groups (broad SMARTS) is 1. The maximum absolute atomic E-state index is 11.2. The summed E-state index contributed by atoms with van der Waals surface area (Å²) >= 11 is 1.37. The van der Waals surface area contributed by atoms with E-state index in [1.807, 2.05) is 27.1 Å². The Hall–Kier alpha value is -1.39. The Morgan fingerprint density at radius 3 is 2.67 bits per heavy atom. The van der Waals surface area contributed by atoms with E-state index in [0.29, 0.717) is 4.88 Å². The van der Waals surface area contributed by atoms with Gasteiger partial charge in [0.2, 0.25) is 0 Å². The van der Waals surface area contributed by atoms with Crippen LogP contribution in [-0.2, 0) is 13.0 Å². The van der Waals surface area contributed by atoms with Crippen molar-refractivity contribution >= 4 is 27.4 Å². The van der Waals surface area contributed by atoms with E-state index in [1.54, 1.807) is 0 Å². The molecule has 2 rings (SSSR count). The molecule has 0 aliphatic rings. The quantitative estimate of drug-likeness (QED) is 0.920. The Morgan fingerprint density at radius 2 is 2.11 bits per heavy atom. The van der Waals surface area contributed by atoms with Crippen molar-refractivity contribution in [3.63, 3.8) is 0 Å². The highest BCUT2D eigenvalue weighted by Gasteiger charge is 2.16. The Balaban J connectivity index is 2.57. The van der Waals surface area contributed by atoms with Gasteiger partial charge in [-0.1, -0.05) is 13.0 Å². The molecule has 0 aliphatic heterocycles. The van der Waals surface area contributed by atoms with Gasteiger partial charge in [-0.05, 0) is 49.2 Å². The average Bonchev–Trinajstić information content (AvgIpc) is 2.66. The zero-order valence-corrected chi connectivity index (χ0v) is 11.7. The molecule has 0 unspecified atom stereocenters. The van der Waals surface area contributed by atoms with Gasteiger partial charge >= 0.3 is 5.97 Å². The molecule has 4 heteroatoms. The molecule has 0 atom stereocenters. The lowest BCUT2D eigenvalue weighted by atomic mass is 10.1. The number of fused-ring (bicyclic) bond motifs is 1. The summed E-state index contributed by atoms with van der Waals surface area (Å²) in [5.74, 6) is -0.817. The van der Waals surface area contributed by atoms with Crippen molar-refractivity contribution in [1.29, 1.82) is 0 Å². The molecule has 0 spiro atoms. The number of carbonyl (C=O) groups is 1. The predicted octanol–water partition coefficient (Wildman–Crippen LogP) is 3.22. The largest absolute Gasteiger partial charge is 0.477 e. The van der Waals surface area contributed by atoms with Crippen molar-refractivity contribution in [1.82, 2.24) is 4.90 Å². The molecular formula is C14H17NO2S. The van der Waals surface area contributed by atoms with Crippen molar-refractivity contribution in [3.8, 4) is 0 Å². The van der Waals surface area contributed by atoms with Gasteiger partial charge in [-0.2, -0.15) is 0 Å². The number of aryl methyl sites for hydroxylation is 1. The highest BCUT2D eigenvalue weighted by Crippen LogP contribution is 2.32. The molecule has 0 radical (unpaired) electrons. The fraction of sp³-hybridized carbons (Fsp3) is 0.357. The summed E-state index contributed by atoms with van der Waals surface area (Å²) in [6.07, 6.45) is 0.757. The summed E-state index contributed by atoms with van der Waals surface area (Å²) in [5, 5.41) is 10.3. The number of hydrogen-bond donors (Lipinski definition) is 1. The molecule has 1 heterocycles. The van der Waals surface area contributed by atoms with Gasteiger partial charge in [-0.15, -0.1) is 11.3 Å². The Bertz CT molecular complexity index is 587. The second-order valence-electron chi connectivity index (χ2n) is 4.64. The van der Waals surface area contributed by atoms with E-state index in [1.165, 1.54) is 16.9 Å². The molecule has 2 aromatic rings. The number of aromatic carboxylic acids is 1. The predicted molar refractivity (Wildman–Crippen MR) is 75.6 cm³/mol. The summed E-state index contributed by atoms with van der Waals surface area (Å²) < 4.78 is 1.06. The first kappa shape index (κ1) is 13.1. The summed E-state index contributed by atoms with van der Waals surface area (Å²) in [7, 11) is 4.06. The van der Waals surface area contributed by atoms with Crippen molar-refractivity contribution in [2.75, 3.05) is 14.1 Å². The fourth-order valence-corrected chi connectivity index (χ4v) is 3.30. The number of rotatable bonds is 4. The molecule has 1 N–H and O–H groups in total. The highest BCUT2D eigenvalue weighted by atomic mass is 32.1. The summed E-state index contributed by atoms with van der Waals surface area (Å²) in [4.78, 5) is 13.8. The number of carboxylic acids is 1. The lowest BCUT2D eigenvalue weighted by molar-refractivity contribution is 0.0701. The lowest BCUT2D eigenvalue weighted by Gasteiger charge is -2.09. The van der Waals surface area contributed by atoms with E-state index in [-0.39, 0.29) is 0 Å². The second kappa shape index (κ2) is 5.08. The van der Waals surface area contributed by atoms with E-state index in [4.69, 9.17) is 0 Å². The van der Waals surface area contributed by atoms with Crippen LogP contribution in [0, 0.1) is 0 Å². The summed E-state index contributed by atoms with van der Waals surface area (Å²) in [6.45, 7) is 2.88. The number of thiophene rings is 1. The van der Waals surface area contributed by atoms with Crippen LogP contribution in [-0.4, -0.2) is 30.1 Å². The Kier molecular flexibility index (Phi) is 3.68. The standard InChI is InChI=1S/C14H17NO2S/c1-4-10-11-7-9(8-15(2)3)5-6-12(11)18-13(10)14(16)17/h5-7H,4,8H2,1-3H3,(H,16,17). The smallest absolute Gasteiger partial charge is 0.346 e. The zero-order valence-electron chi connectivity index (χ0n) is 10.9. The van der Waals surface area contributed by atoms with Gasteiger partial charge in [0.15, 0.2) is 0 Å². The maximum atomic E-state index is 11.2. The third-order valence-electron chi connectivity index (χ3n) is 2.90. The van der Waals surface area contributed by atoms with Crippen molar-refractivity contribution in [2.24, 2.45) is 0 Å². The molecule has 1 aromatic carbocycles. The average molecular weight is 263 g/mol. The van der Waals surface area contributed by atoms with E-state index in [9.17, 15) is 9.90 Å². The summed E-state index contributed by atoms with van der Waals surface area (Å²) in [5.41, 5.74) is 2.18. The van der Waals surface area contributed by atoms with Crippen LogP contribution in [0.25, 0.3) is 10.1 Å². The van der Waals surface area contributed by atoms with Gasteiger partial charge in [0.05, 0.1) is 0 Å². The molecule has 0 aliphatic carbocycles. The van der Waals surface area contributed by atoms with Gasteiger partial charge in [0, 0.05) is 11.2 Å².